The highest BCUT2D eigenvalue weighted by molar-refractivity contribution is 5.99. The number of amides is 1. The quantitative estimate of drug-likeness (QED) is 0.367. The van der Waals surface area contributed by atoms with Gasteiger partial charge in [0.1, 0.15) is 36.7 Å². The van der Waals surface area contributed by atoms with Gasteiger partial charge in [-0.1, -0.05) is 6.07 Å². The van der Waals surface area contributed by atoms with Crippen LogP contribution in [0.2, 0.25) is 0 Å². The summed E-state index contributed by atoms with van der Waals surface area (Å²) < 4.78 is 17.6. The molecule has 0 saturated carbocycles. The maximum atomic E-state index is 12.7. The second kappa shape index (κ2) is 9.25. The smallest absolute Gasteiger partial charge is 0.343 e. The normalized spacial score (nSPS) is 14.3. The van der Waals surface area contributed by atoms with Crippen LogP contribution in [0.3, 0.4) is 0 Å². The molecule has 2 N–H and O–H groups in total. The summed E-state index contributed by atoms with van der Waals surface area (Å²) >= 11 is 0. The van der Waals surface area contributed by atoms with Gasteiger partial charge in [0.2, 0.25) is 5.91 Å². The largest absolute Gasteiger partial charge is 0.493 e. The molecule has 0 fully saturated rings. The van der Waals surface area contributed by atoms with Gasteiger partial charge >= 0.3 is 5.97 Å². The third-order valence-electron chi connectivity index (χ3n) is 5.49. The van der Waals surface area contributed by atoms with Crippen LogP contribution in [0.25, 0.3) is 11.4 Å². The summed E-state index contributed by atoms with van der Waals surface area (Å²) in [6.45, 7) is 0.425. The van der Waals surface area contributed by atoms with Crippen molar-refractivity contribution < 1.29 is 23.8 Å². The Morgan fingerprint density at radius 2 is 2.00 bits per heavy atom. The number of nitrogens with one attached hydrogen (secondary N) is 2. The highest BCUT2D eigenvalue weighted by Gasteiger charge is 2.36. The number of rotatable bonds is 8. The molecule has 0 spiro atoms. The lowest BCUT2D eigenvalue weighted by molar-refractivity contribution is -0.118. The van der Waals surface area contributed by atoms with E-state index in [0.29, 0.717) is 40.9 Å². The minimum atomic E-state index is -0.715. The summed E-state index contributed by atoms with van der Waals surface area (Å²) in [5.74, 6) is 1.04. The molecule has 4 aromatic rings. The molecule has 2 aromatic heterocycles. The number of esters is 1. The van der Waals surface area contributed by atoms with Gasteiger partial charge in [-0.3, -0.25) is 9.89 Å². The average Bonchev–Trinajstić information content (AvgIpc) is 3.61. The Labute approximate surface area is 199 Å². The molecule has 1 atom stereocenters. The zero-order chi connectivity index (χ0) is 24.4. The van der Waals surface area contributed by atoms with Gasteiger partial charge in [-0.15, -0.1) is 0 Å². The first-order valence-electron chi connectivity index (χ1n) is 10.7. The fourth-order valence-corrected chi connectivity index (χ4v) is 3.87. The second-order valence-corrected chi connectivity index (χ2v) is 7.69. The lowest BCUT2D eigenvalue weighted by Crippen LogP contribution is -2.15. The predicted molar refractivity (Wildman–Crippen MR) is 122 cm³/mol. The van der Waals surface area contributed by atoms with Crippen LogP contribution in [0, 0.1) is 0 Å². The van der Waals surface area contributed by atoms with Crippen molar-refractivity contribution in [3.05, 3.63) is 66.0 Å². The Bertz CT molecular complexity index is 1370. The first-order chi connectivity index (χ1) is 17.1. The van der Waals surface area contributed by atoms with E-state index in [0.717, 1.165) is 5.56 Å². The maximum absolute atomic E-state index is 12.7. The SMILES string of the molecule is COc1ccc2c(c1OC)C(=O)O[C@H]2CC(=O)Nc1ccc(-c2n[nH]c(Cn3cncn3)n2)cc1. The van der Waals surface area contributed by atoms with Crippen LogP contribution in [0.5, 0.6) is 11.5 Å². The molecule has 12 nitrogen and oxygen atoms in total. The number of aromatic nitrogens is 6. The predicted octanol–water partition coefficient (Wildman–Crippen LogP) is 2.37. The Balaban J connectivity index is 1.23. The summed E-state index contributed by atoms with van der Waals surface area (Å²) in [5.41, 5.74) is 2.24. The molecular weight excluding hydrogens is 454 g/mol. The lowest BCUT2D eigenvalue weighted by atomic mass is 10.0. The highest BCUT2D eigenvalue weighted by atomic mass is 16.6. The van der Waals surface area contributed by atoms with Crippen LogP contribution in [-0.2, 0) is 16.1 Å². The number of carbonyl (C=O) groups excluding carboxylic acids is 2. The molecule has 35 heavy (non-hydrogen) atoms. The van der Waals surface area contributed by atoms with Gasteiger partial charge < -0.3 is 19.5 Å². The number of H-pyrrole nitrogens is 1. The van der Waals surface area contributed by atoms with Crippen molar-refractivity contribution in [2.24, 2.45) is 0 Å². The number of hydrogen-bond acceptors (Lipinski definition) is 9. The zero-order valence-electron chi connectivity index (χ0n) is 18.9. The van der Waals surface area contributed by atoms with E-state index >= 15 is 0 Å². The molecular formula is C23H21N7O5. The van der Waals surface area contributed by atoms with Gasteiger partial charge in [-0.2, -0.15) is 10.2 Å². The van der Waals surface area contributed by atoms with Crippen LogP contribution in [0.4, 0.5) is 5.69 Å². The molecule has 0 radical (unpaired) electrons. The van der Waals surface area contributed by atoms with Crippen molar-refractivity contribution >= 4 is 17.6 Å². The molecule has 1 aliphatic heterocycles. The standard InChI is InChI=1S/C23H21N7O5/c1-33-16-8-7-15-17(35-23(32)20(15)21(16)34-2)9-19(31)26-14-5-3-13(4-6-14)22-27-18(28-29-22)10-30-12-24-11-25-30/h3-8,11-12,17H,9-10H2,1-2H3,(H,26,31)(H,27,28,29)/t17-/m0/s1. The van der Waals surface area contributed by atoms with Crippen LogP contribution < -0.4 is 14.8 Å². The van der Waals surface area contributed by atoms with E-state index in [-0.39, 0.29) is 17.9 Å². The van der Waals surface area contributed by atoms with Gasteiger partial charge in [-0.05, 0) is 30.3 Å². The first-order valence-corrected chi connectivity index (χ1v) is 10.7. The fourth-order valence-electron chi connectivity index (χ4n) is 3.87. The van der Waals surface area contributed by atoms with Gasteiger partial charge in [0.15, 0.2) is 17.3 Å². The Kier molecular flexibility index (Phi) is 5.83. The van der Waals surface area contributed by atoms with Crippen molar-refractivity contribution in [1.29, 1.82) is 0 Å². The van der Waals surface area contributed by atoms with Crippen LogP contribution in [-0.4, -0.2) is 56.0 Å². The van der Waals surface area contributed by atoms with E-state index in [9.17, 15) is 9.59 Å². The molecule has 5 rings (SSSR count). The van der Waals surface area contributed by atoms with Crippen molar-refractivity contribution in [1.82, 2.24) is 29.9 Å². The maximum Gasteiger partial charge on any atom is 0.343 e. The number of hydrogen-bond donors (Lipinski definition) is 2. The van der Waals surface area contributed by atoms with Crippen molar-refractivity contribution in [2.45, 2.75) is 19.1 Å². The highest BCUT2D eigenvalue weighted by Crippen LogP contribution is 2.43. The van der Waals surface area contributed by atoms with Crippen LogP contribution in [0.15, 0.2) is 49.1 Å². The van der Waals surface area contributed by atoms with Gasteiger partial charge in [0, 0.05) is 16.8 Å². The number of aromatic amines is 1. The van der Waals surface area contributed by atoms with Gasteiger partial charge in [0.05, 0.1) is 20.6 Å². The van der Waals surface area contributed by atoms with E-state index in [1.165, 1.54) is 20.5 Å². The molecule has 178 valence electrons. The molecule has 0 bridgehead atoms. The van der Waals surface area contributed by atoms with E-state index < -0.39 is 12.1 Å². The summed E-state index contributed by atoms with van der Waals surface area (Å²) in [5, 5.41) is 14.0. The average molecular weight is 475 g/mol. The fraction of sp³-hybridized carbons (Fsp3) is 0.217. The topological polar surface area (TPSA) is 146 Å². The third-order valence-corrected chi connectivity index (χ3v) is 5.49. The monoisotopic (exact) mass is 475 g/mol. The molecule has 1 amide bonds. The second-order valence-electron chi connectivity index (χ2n) is 7.69. The lowest BCUT2D eigenvalue weighted by Gasteiger charge is -2.12. The van der Waals surface area contributed by atoms with Crippen molar-refractivity contribution in [2.75, 3.05) is 19.5 Å². The molecule has 0 unspecified atom stereocenters. The zero-order valence-corrected chi connectivity index (χ0v) is 18.9. The molecule has 12 heteroatoms. The number of benzene rings is 2. The molecule has 2 aromatic carbocycles. The molecule has 0 saturated heterocycles. The number of ether oxygens (including phenoxy) is 3. The Morgan fingerprint density at radius 1 is 1.17 bits per heavy atom. The third kappa shape index (κ3) is 4.40. The number of fused-ring (bicyclic) bond motifs is 1. The molecule has 3 heterocycles. The summed E-state index contributed by atoms with van der Waals surface area (Å²) in [6.07, 6.45) is 2.29. The number of anilines is 1. The van der Waals surface area contributed by atoms with Crippen LogP contribution >= 0.6 is 0 Å². The number of cyclic esters (lactones) is 1. The number of carbonyl (C=O) groups is 2. The number of nitrogens with zero attached hydrogens (tertiary/aromatic N) is 5. The molecule has 0 aliphatic carbocycles. The minimum absolute atomic E-state index is 0.0391. The Hall–Kier alpha value is -4.74. The first kappa shape index (κ1) is 22.1. The van der Waals surface area contributed by atoms with E-state index in [4.69, 9.17) is 14.2 Å². The van der Waals surface area contributed by atoms with E-state index in [1.807, 2.05) is 0 Å². The Morgan fingerprint density at radius 3 is 2.71 bits per heavy atom. The summed E-state index contributed by atoms with van der Waals surface area (Å²) in [6, 6.07) is 10.5. The van der Waals surface area contributed by atoms with Crippen molar-refractivity contribution in [3.8, 4) is 22.9 Å². The van der Waals surface area contributed by atoms with Crippen molar-refractivity contribution in [3.63, 3.8) is 0 Å². The van der Waals surface area contributed by atoms with Crippen LogP contribution in [0.1, 0.15) is 34.3 Å². The van der Waals surface area contributed by atoms with E-state index in [1.54, 1.807) is 47.4 Å². The van der Waals surface area contributed by atoms with Gasteiger partial charge in [0.25, 0.3) is 0 Å². The van der Waals surface area contributed by atoms with E-state index in [2.05, 4.69) is 30.6 Å². The molecule has 1 aliphatic rings. The minimum Gasteiger partial charge on any atom is -0.493 e. The summed E-state index contributed by atoms with van der Waals surface area (Å²) in [4.78, 5) is 33.4. The number of methoxy groups -OCH3 is 2. The van der Waals surface area contributed by atoms with Gasteiger partial charge in [-0.25, -0.2) is 19.4 Å². The summed E-state index contributed by atoms with van der Waals surface area (Å²) in [7, 11) is 2.94.